The summed E-state index contributed by atoms with van der Waals surface area (Å²) < 4.78 is 13.5. The van der Waals surface area contributed by atoms with Gasteiger partial charge in [-0.15, -0.1) is 0 Å². The van der Waals surface area contributed by atoms with E-state index in [0.29, 0.717) is 10.0 Å². The Kier molecular flexibility index (Phi) is 5.37. The lowest BCUT2D eigenvalue weighted by Crippen LogP contribution is -2.35. The number of amides is 1. The van der Waals surface area contributed by atoms with Gasteiger partial charge in [0, 0.05) is 10.5 Å². The first kappa shape index (κ1) is 14.5. The standard InChI is InChI=1S/C15H19BrFNO/c16-14-10-11(17)8-9-13(14)15(19)18-12-6-4-2-1-3-5-7-12/h8-10,12H,1-7H2,(H,18,19). The van der Waals surface area contributed by atoms with Crippen molar-refractivity contribution < 1.29 is 9.18 Å². The predicted octanol–water partition coefficient (Wildman–Crippen LogP) is 4.43. The third kappa shape index (κ3) is 4.30. The number of carbonyl (C=O) groups excluding carboxylic acids is 1. The third-order valence-corrected chi connectivity index (χ3v) is 4.27. The Bertz CT molecular complexity index is 442. The highest BCUT2D eigenvalue weighted by Crippen LogP contribution is 2.20. The molecular weight excluding hydrogens is 309 g/mol. The Morgan fingerprint density at radius 2 is 1.79 bits per heavy atom. The minimum atomic E-state index is -0.339. The summed E-state index contributed by atoms with van der Waals surface area (Å²) in [5, 5.41) is 3.07. The van der Waals surface area contributed by atoms with E-state index in [0.717, 1.165) is 12.8 Å². The highest BCUT2D eigenvalue weighted by Gasteiger charge is 2.17. The highest BCUT2D eigenvalue weighted by atomic mass is 79.9. The molecule has 1 saturated carbocycles. The van der Waals surface area contributed by atoms with Gasteiger partial charge in [-0.1, -0.05) is 32.1 Å². The second-order valence-electron chi connectivity index (χ2n) is 5.14. The molecule has 4 heteroatoms. The molecule has 0 saturated heterocycles. The molecule has 1 fully saturated rings. The van der Waals surface area contributed by atoms with Crippen LogP contribution < -0.4 is 5.32 Å². The lowest BCUT2D eigenvalue weighted by atomic mass is 9.96. The van der Waals surface area contributed by atoms with Gasteiger partial charge in [-0.05, 0) is 47.0 Å². The summed E-state index contributed by atoms with van der Waals surface area (Å²) in [4.78, 5) is 12.2. The van der Waals surface area contributed by atoms with Gasteiger partial charge in [0.1, 0.15) is 5.82 Å². The fourth-order valence-corrected chi connectivity index (χ4v) is 3.07. The van der Waals surface area contributed by atoms with Gasteiger partial charge < -0.3 is 5.32 Å². The number of hydrogen-bond acceptors (Lipinski definition) is 1. The summed E-state index contributed by atoms with van der Waals surface area (Å²) in [7, 11) is 0. The van der Waals surface area contributed by atoms with Gasteiger partial charge in [0.25, 0.3) is 5.91 Å². The van der Waals surface area contributed by atoms with Crippen LogP contribution in [0.4, 0.5) is 4.39 Å². The maximum atomic E-state index is 13.0. The maximum absolute atomic E-state index is 13.0. The number of halogens is 2. The van der Waals surface area contributed by atoms with Crippen LogP contribution in [0.25, 0.3) is 0 Å². The van der Waals surface area contributed by atoms with Crippen molar-refractivity contribution in [2.24, 2.45) is 0 Å². The molecule has 0 unspecified atom stereocenters. The van der Waals surface area contributed by atoms with Crippen molar-refractivity contribution in [1.82, 2.24) is 5.32 Å². The highest BCUT2D eigenvalue weighted by molar-refractivity contribution is 9.10. The van der Waals surface area contributed by atoms with Gasteiger partial charge in [0.15, 0.2) is 0 Å². The summed E-state index contributed by atoms with van der Waals surface area (Å²) in [6.45, 7) is 0. The van der Waals surface area contributed by atoms with Crippen molar-refractivity contribution in [3.63, 3.8) is 0 Å². The minimum absolute atomic E-state index is 0.113. The summed E-state index contributed by atoms with van der Waals surface area (Å²) in [5.74, 6) is -0.452. The molecule has 0 atom stereocenters. The van der Waals surface area contributed by atoms with Crippen LogP contribution in [0.3, 0.4) is 0 Å². The van der Waals surface area contributed by atoms with E-state index in [2.05, 4.69) is 21.2 Å². The Labute approximate surface area is 121 Å². The fourth-order valence-electron chi connectivity index (χ4n) is 2.54. The number of benzene rings is 1. The van der Waals surface area contributed by atoms with Crippen LogP contribution in [0.2, 0.25) is 0 Å². The van der Waals surface area contributed by atoms with Gasteiger partial charge >= 0.3 is 0 Å². The molecule has 0 bridgehead atoms. The minimum Gasteiger partial charge on any atom is -0.349 e. The molecule has 2 nitrogen and oxygen atoms in total. The summed E-state index contributed by atoms with van der Waals surface area (Å²) >= 11 is 3.24. The third-order valence-electron chi connectivity index (χ3n) is 3.62. The zero-order valence-electron chi connectivity index (χ0n) is 10.9. The maximum Gasteiger partial charge on any atom is 0.252 e. The molecule has 0 aliphatic heterocycles. The quantitative estimate of drug-likeness (QED) is 0.855. The second-order valence-corrected chi connectivity index (χ2v) is 5.99. The average molecular weight is 328 g/mol. The number of carbonyl (C=O) groups is 1. The van der Waals surface area contributed by atoms with E-state index >= 15 is 0 Å². The van der Waals surface area contributed by atoms with Crippen LogP contribution in [-0.4, -0.2) is 11.9 Å². The van der Waals surface area contributed by atoms with Crippen LogP contribution in [0, 0.1) is 5.82 Å². The van der Waals surface area contributed by atoms with Gasteiger partial charge in [-0.2, -0.15) is 0 Å². The van der Waals surface area contributed by atoms with Crippen molar-refractivity contribution in [3.8, 4) is 0 Å². The monoisotopic (exact) mass is 327 g/mol. The molecule has 0 aromatic heterocycles. The molecule has 1 N–H and O–H groups in total. The van der Waals surface area contributed by atoms with E-state index in [9.17, 15) is 9.18 Å². The first-order chi connectivity index (χ1) is 9.16. The summed E-state index contributed by atoms with van der Waals surface area (Å²) in [6, 6.07) is 4.42. The Balaban J connectivity index is 1.99. The van der Waals surface area contributed by atoms with Crippen LogP contribution in [0.5, 0.6) is 0 Å². The van der Waals surface area contributed by atoms with E-state index in [1.165, 1.54) is 50.3 Å². The van der Waals surface area contributed by atoms with Gasteiger partial charge in [-0.3, -0.25) is 4.79 Å². The zero-order chi connectivity index (χ0) is 13.7. The smallest absolute Gasteiger partial charge is 0.252 e. The molecule has 1 aliphatic carbocycles. The zero-order valence-corrected chi connectivity index (χ0v) is 12.5. The summed E-state index contributed by atoms with van der Waals surface area (Å²) in [5.41, 5.74) is 0.503. The van der Waals surface area contributed by atoms with Gasteiger partial charge in [0.2, 0.25) is 0 Å². The molecular formula is C15H19BrFNO. The average Bonchev–Trinajstić information content (AvgIpc) is 2.32. The number of nitrogens with one attached hydrogen (secondary N) is 1. The predicted molar refractivity (Wildman–Crippen MR) is 77.7 cm³/mol. The SMILES string of the molecule is O=C(NC1CCCCCCC1)c1ccc(F)cc1Br. The van der Waals surface area contributed by atoms with Crippen molar-refractivity contribution in [2.45, 2.75) is 51.0 Å². The van der Waals surface area contributed by atoms with Crippen LogP contribution in [0.1, 0.15) is 55.3 Å². The normalized spacial score (nSPS) is 17.6. The molecule has 1 amide bonds. The number of hydrogen-bond donors (Lipinski definition) is 1. The molecule has 104 valence electrons. The molecule has 1 aromatic rings. The van der Waals surface area contributed by atoms with E-state index in [1.54, 1.807) is 0 Å². The van der Waals surface area contributed by atoms with E-state index in [-0.39, 0.29) is 17.8 Å². The topological polar surface area (TPSA) is 29.1 Å². The van der Waals surface area contributed by atoms with E-state index < -0.39 is 0 Å². The second kappa shape index (κ2) is 7.04. The Morgan fingerprint density at radius 3 is 2.42 bits per heavy atom. The van der Waals surface area contributed by atoms with Crippen molar-refractivity contribution in [2.75, 3.05) is 0 Å². The van der Waals surface area contributed by atoms with Crippen molar-refractivity contribution in [3.05, 3.63) is 34.1 Å². The largest absolute Gasteiger partial charge is 0.349 e. The molecule has 1 aromatic carbocycles. The van der Waals surface area contributed by atoms with Gasteiger partial charge in [0.05, 0.1) is 5.56 Å². The molecule has 2 rings (SSSR count). The first-order valence-electron chi connectivity index (χ1n) is 6.93. The van der Waals surface area contributed by atoms with Crippen LogP contribution in [-0.2, 0) is 0 Å². The Hall–Kier alpha value is -0.900. The fraction of sp³-hybridized carbons (Fsp3) is 0.533. The summed E-state index contributed by atoms with van der Waals surface area (Å²) in [6.07, 6.45) is 8.27. The van der Waals surface area contributed by atoms with E-state index in [1.807, 2.05) is 0 Å². The van der Waals surface area contributed by atoms with Crippen molar-refractivity contribution in [1.29, 1.82) is 0 Å². The molecule has 19 heavy (non-hydrogen) atoms. The number of rotatable bonds is 2. The van der Waals surface area contributed by atoms with Gasteiger partial charge in [-0.25, -0.2) is 4.39 Å². The van der Waals surface area contributed by atoms with Crippen LogP contribution >= 0.6 is 15.9 Å². The molecule has 0 heterocycles. The molecule has 0 radical (unpaired) electrons. The lowest BCUT2D eigenvalue weighted by Gasteiger charge is -2.21. The van der Waals surface area contributed by atoms with Crippen molar-refractivity contribution >= 4 is 21.8 Å². The molecule has 1 aliphatic rings. The first-order valence-corrected chi connectivity index (χ1v) is 7.72. The lowest BCUT2D eigenvalue weighted by molar-refractivity contribution is 0.0929. The van der Waals surface area contributed by atoms with Crippen LogP contribution in [0.15, 0.2) is 22.7 Å². The molecule has 0 spiro atoms. The van der Waals surface area contributed by atoms with E-state index in [4.69, 9.17) is 0 Å². The Morgan fingerprint density at radius 1 is 1.16 bits per heavy atom.